The van der Waals surface area contributed by atoms with Crippen molar-refractivity contribution in [1.82, 2.24) is 4.98 Å². The first kappa shape index (κ1) is 14.0. The molecule has 3 nitrogen and oxygen atoms in total. The number of alkyl halides is 1. The fourth-order valence-corrected chi connectivity index (χ4v) is 2.57. The van der Waals surface area contributed by atoms with Crippen molar-refractivity contribution in [3.63, 3.8) is 0 Å². The molecule has 100 valence electrons. The number of amides is 1. The summed E-state index contributed by atoms with van der Waals surface area (Å²) in [4.78, 5) is 16.0. The summed E-state index contributed by atoms with van der Waals surface area (Å²) in [5.74, 6) is 0.353. The number of benzene rings is 1. The van der Waals surface area contributed by atoms with Crippen LogP contribution >= 0.6 is 22.9 Å². The molecule has 0 saturated carbocycles. The van der Waals surface area contributed by atoms with Gasteiger partial charge in [0.05, 0.1) is 11.6 Å². The highest BCUT2D eigenvalue weighted by Crippen LogP contribution is 2.17. The fourth-order valence-electron chi connectivity index (χ4n) is 1.62. The van der Waals surface area contributed by atoms with E-state index < -0.39 is 0 Å². The molecule has 0 aliphatic heterocycles. The second-order valence-electron chi connectivity index (χ2n) is 4.31. The molecule has 1 aromatic heterocycles. The molecular formula is C14H15ClN2OS. The van der Waals surface area contributed by atoms with Gasteiger partial charge in [0, 0.05) is 11.8 Å². The van der Waals surface area contributed by atoms with Gasteiger partial charge in [0.2, 0.25) is 5.91 Å². The number of aryl methyl sites for hydroxylation is 2. The highest BCUT2D eigenvalue weighted by atomic mass is 35.5. The lowest BCUT2D eigenvalue weighted by Gasteiger charge is -2.02. The van der Waals surface area contributed by atoms with Crippen LogP contribution in [0.15, 0.2) is 29.6 Å². The van der Waals surface area contributed by atoms with Crippen molar-refractivity contribution in [3.8, 4) is 0 Å². The molecule has 0 radical (unpaired) electrons. The molecule has 0 spiro atoms. The van der Waals surface area contributed by atoms with E-state index in [1.165, 1.54) is 22.5 Å². The van der Waals surface area contributed by atoms with Crippen molar-refractivity contribution >= 4 is 34.0 Å². The number of nitrogens with zero attached hydrogens (tertiary/aromatic N) is 1. The molecule has 0 fully saturated rings. The quantitative estimate of drug-likeness (QED) is 0.853. The van der Waals surface area contributed by atoms with Crippen LogP contribution < -0.4 is 5.32 Å². The molecular weight excluding hydrogens is 280 g/mol. The smallest absolute Gasteiger partial charge is 0.226 e. The van der Waals surface area contributed by atoms with Gasteiger partial charge in [-0.3, -0.25) is 4.79 Å². The average molecular weight is 295 g/mol. The number of hydrogen-bond donors (Lipinski definition) is 1. The number of anilines is 1. The molecule has 1 aromatic carbocycles. The van der Waals surface area contributed by atoms with Crippen LogP contribution in [0.3, 0.4) is 0 Å². The van der Waals surface area contributed by atoms with E-state index in [1.807, 2.05) is 12.3 Å². The Kier molecular flexibility index (Phi) is 4.93. The number of carbonyl (C=O) groups is 1. The Morgan fingerprint density at radius 1 is 1.37 bits per heavy atom. The van der Waals surface area contributed by atoms with Gasteiger partial charge >= 0.3 is 0 Å². The summed E-state index contributed by atoms with van der Waals surface area (Å²) in [5, 5.41) is 5.25. The molecule has 19 heavy (non-hydrogen) atoms. The van der Waals surface area contributed by atoms with Crippen molar-refractivity contribution in [2.45, 2.75) is 25.6 Å². The van der Waals surface area contributed by atoms with Gasteiger partial charge < -0.3 is 5.32 Å². The topological polar surface area (TPSA) is 42.0 Å². The first-order chi connectivity index (χ1) is 9.17. The van der Waals surface area contributed by atoms with E-state index >= 15 is 0 Å². The monoisotopic (exact) mass is 294 g/mol. The van der Waals surface area contributed by atoms with Crippen LogP contribution in [0.25, 0.3) is 0 Å². The minimum absolute atomic E-state index is 0.0175. The Balaban J connectivity index is 1.82. The largest absolute Gasteiger partial charge is 0.302 e. The number of rotatable bonds is 5. The minimum atomic E-state index is -0.0175. The van der Waals surface area contributed by atoms with E-state index in [0.29, 0.717) is 17.4 Å². The first-order valence-corrected chi connectivity index (χ1v) is 7.44. The molecule has 0 bridgehead atoms. The molecule has 2 rings (SSSR count). The molecule has 0 aliphatic carbocycles. The van der Waals surface area contributed by atoms with E-state index in [4.69, 9.17) is 11.6 Å². The Labute approximate surface area is 121 Å². The number of carbonyl (C=O) groups excluding carboxylic acids is 1. The van der Waals surface area contributed by atoms with E-state index in [1.54, 1.807) is 0 Å². The third-order valence-electron chi connectivity index (χ3n) is 2.70. The normalized spacial score (nSPS) is 10.4. The van der Waals surface area contributed by atoms with Crippen LogP contribution in [0.1, 0.15) is 23.2 Å². The highest BCUT2D eigenvalue weighted by Gasteiger charge is 2.06. The summed E-state index contributed by atoms with van der Waals surface area (Å²) >= 11 is 7.06. The van der Waals surface area contributed by atoms with Crippen LogP contribution in [0.2, 0.25) is 0 Å². The molecule has 0 atom stereocenters. The van der Waals surface area contributed by atoms with Gasteiger partial charge in [0.15, 0.2) is 5.13 Å². The fraction of sp³-hybridized carbons (Fsp3) is 0.286. The van der Waals surface area contributed by atoms with Crippen LogP contribution in [0.4, 0.5) is 5.13 Å². The van der Waals surface area contributed by atoms with E-state index in [0.717, 1.165) is 12.1 Å². The van der Waals surface area contributed by atoms with Crippen LogP contribution in [0.5, 0.6) is 0 Å². The molecule has 0 aliphatic rings. The van der Waals surface area contributed by atoms with Gasteiger partial charge in [-0.25, -0.2) is 4.98 Å². The lowest BCUT2D eigenvalue weighted by Crippen LogP contribution is -2.12. The second-order valence-corrected chi connectivity index (χ2v) is 5.44. The lowest BCUT2D eigenvalue weighted by atomic mass is 10.1. The molecule has 0 saturated heterocycles. The van der Waals surface area contributed by atoms with E-state index in [2.05, 4.69) is 34.6 Å². The summed E-state index contributed by atoms with van der Waals surface area (Å²) in [6.45, 7) is 2.05. The molecule has 2 aromatic rings. The zero-order valence-electron chi connectivity index (χ0n) is 10.6. The predicted molar refractivity (Wildman–Crippen MR) is 79.8 cm³/mol. The zero-order valence-corrected chi connectivity index (χ0v) is 12.2. The van der Waals surface area contributed by atoms with Crippen molar-refractivity contribution in [2.75, 3.05) is 5.32 Å². The van der Waals surface area contributed by atoms with Gasteiger partial charge in [-0.1, -0.05) is 29.8 Å². The number of nitrogens with one attached hydrogen (secondary N) is 1. The van der Waals surface area contributed by atoms with Gasteiger partial charge in [-0.15, -0.1) is 22.9 Å². The van der Waals surface area contributed by atoms with Crippen LogP contribution in [0, 0.1) is 6.92 Å². The maximum Gasteiger partial charge on any atom is 0.226 e. The molecule has 1 amide bonds. The predicted octanol–water partition coefficient (Wildman–Crippen LogP) is 3.76. The Bertz CT molecular complexity index is 551. The standard InChI is InChI=1S/C14H15ClN2OS/c1-10-2-4-11(5-3-10)6-7-13(18)17-14-16-12(8-15)9-19-14/h2-5,9H,6-8H2,1H3,(H,16,17,18). The molecule has 5 heteroatoms. The summed E-state index contributed by atoms with van der Waals surface area (Å²) in [6.07, 6.45) is 1.19. The van der Waals surface area contributed by atoms with Crippen molar-refractivity contribution in [2.24, 2.45) is 0 Å². The summed E-state index contributed by atoms with van der Waals surface area (Å²) < 4.78 is 0. The SMILES string of the molecule is Cc1ccc(CCC(=O)Nc2nc(CCl)cs2)cc1. The van der Waals surface area contributed by atoms with Crippen molar-refractivity contribution in [1.29, 1.82) is 0 Å². The number of hydrogen-bond acceptors (Lipinski definition) is 3. The Morgan fingerprint density at radius 2 is 2.11 bits per heavy atom. The summed E-state index contributed by atoms with van der Waals surface area (Å²) in [7, 11) is 0. The van der Waals surface area contributed by atoms with Crippen LogP contribution in [-0.4, -0.2) is 10.9 Å². The highest BCUT2D eigenvalue weighted by molar-refractivity contribution is 7.13. The number of halogens is 1. The van der Waals surface area contributed by atoms with Gasteiger partial charge in [0.1, 0.15) is 0 Å². The molecule has 1 heterocycles. The van der Waals surface area contributed by atoms with Crippen molar-refractivity contribution < 1.29 is 4.79 Å². The van der Waals surface area contributed by atoms with E-state index in [-0.39, 0.29) is 5.91 Å². The zero-order chi connectivity index (χ0) is 13.7. The maximum atomic E-state index is 11.8. The molecule has 1 N–H and O–H groups in total. The number of thiazole rings is 1. The van der Waals surface area contributed by atoms with Gasteiger partial charge in [-0.05, 0) is 18.9 Å². The average Bonchev–Trinajstić information content (AvgIpc) is 2.86. The van der Waals surface area contributed by atoms with Gasteiger partial charge in [0.25, 0.3) is 0 Å². The van der Waals surface area contributed by atoms with Crippen molar-refractivity contribution in [3.05, 3.63) is 46.5 Å². The first-order valence-electron chi connectivity index (χ1n) is 6.03. The number of aromatic nitrogens is 1. The third-order valence-corrected chi connectivity index (χ3v) is 3.78. The second kappa shape index (κ2) is 6.68. The summed E-state index contributed by atoms with van der Waals surface area (Å²) in [6, 6.07) is 8.22. The Morgan fingerprint density at radius 3 is 2.74 bits per heavy atom. The Hall–Kier alpha value is -1.39. The minimum Gasteiger partial charge on any atom is -0.302 e. The lowest BCUT2D eigenvalue weighted by molar-refractivity contribution is -0.116. The van der Waals surface area contributed by atoms with E-state index in [9.17, 15) is 4.79 Å². The van der Waals surface area contributed by atoms with Crippen LogP contribution in [-0.2, 0) is 17.1 Å². The summed E-state index contributed by atoms with van der Waals surface area (Å²) in [5.41, 5.74) is 3.19. The molecule has 0 unspecified atom stereocenters. The van der Waals surface area contributed by atoms with Gasteiger partial charge in [-0.2, -0.15) is 0 Å². The maximum absolute atomic E-state index is 11.8. The third kappa shape index (κ3) is 4.33.